The fourth-order valence-electron chi connectivity index (χ4n) is 6.62. The average Bonchev–Trinajstić information content (AvgIpc) is 3.04. The molecule has 0 spiro atoms. The van der Waals surface area contributed by atoms with Gasteiger partial charge in [-0.05, 0) is 44.2 Å². The quantitative estimate of drug-likeness (QED) is 0.0679. The summed E-state index contributed by atoms with van der Waals surface area (Å²) in [6, 6.07) is 8.71. The average molecular weight is 644 g/mol. The Hall–Kier alpha value is -1.96. The molecular formula is C39H69N3O4. The summed E-state index contributed by atoms with van der Waals surface area (Å²) in [6.45, 7) is 6.41. The predicted molar refractivity (Wildman–Crippen MR) is 191 cm³/mol. The van der Waals surface area contributed by atoms with Crippen LogP contribution in [0.3, 0.4) is 0 Å². The van der Waals surface area contributed by atoms with Gasteiger partial charge in [-0.1, -0.05) is 147 Å². The number of hydrogen-bond acceptors (Lipinski definition) is 5. The monoisotopic (exact) mass is 644 g/mol. The summed E-state index contributed by atoms with van der Waals surface area (Å²) < 4.78 is 0. The highest BCUT2D eigenvalue weighted by Crippen LogP contribution is 2.15. The minimum absolute atomic E-state index is 0.112. The maximum absolute atomic E-state index is 12.8. The van der Waals surface area contributed by atoms with Crippen LogP contribution in [0.5, 0.6) is 0 Å². The number of aliphatic hydroxyl groups is 2. The molecule has 2 rings (SSSR count). The molecule has 0 aliphatic carbocycles. The van der Waals surface area contributed by atoms with Gasteiger partial charge in [-0.2, -0.15) is 0 Å². The molecule has 1 saturated heterocycles. The van der Waals surface area contributed by atoms with Crippen molar-refractivity contribution in [1.82, 2.24) is 15.5 Å². The second-order valence-electron chi connectivity index (χ2n) is 13.9. The third-order valence-electron chi connectivity index (χ3n) is 9.49. The van der Waals surface area contributed by atoms with E-state index >= 15 is 0 Å². The SMILES string of the molecule is CCCCCCCCCCC(O)CN(CCCCC1NC(=O)C(Cc2ccccc2)NC1=O)CC(O)CCCCCCCCCC. The lowest BCUT2D eigenvalue weighted by Gasteiger charge is -2.30. The molecule has 0 bridgehead atoms. The molecule has 2 amide bonds. The van der Waals surface area contributed by atoms with Crippen molar-refractivity contribution < 1.29 is 19.8 Å². The number of carbonyl (C=O) groups excluding carboxylic acids is 2. The first kappa shape index (κ1) is 40.2. The van der Waals surface area contributed by atoms with Crippen LogP contribution in [0.15, 0.2) is 30.3 Å². The third-order valence-corrected chi connectivity index (χ3v) is 9.49. The Labute approximate surface area is 281 Å². The van der Waals surface area contributed by atoms with Gasteiger partial charge in [0.05, 0.1) is 12.2 Å². The minimum atomic E-state index is -0.535. The van der Waals surface area contributed by atoms with E-state index in [1.54, 1.807) is 0 Å². The van der Waals surface area contributed by atoms with Crippen molar-refractivity contribution in [2.75, 3.05) is 19.6 Å². The van der Waals surface area contributed by atoms with Crippen molar-refractivity contribution in [3.8, 4) is 0 Å². The summed E-state index contributed by atoms with van der Waals surface area (Å²) in [7, 11) is 0. The molecule has 1 heterocycles. The number of benzene rings is 1. The lowest BCUT2D eigenvalue weighted by molar-refractivity contribution is -0.136. The zero-order valence-corrected chi connectivity index (χ0v) is 29.5. The normalized spacial score (nSPS) is 18.0. The number of amides is 2. The molecule has 46 heavy (non-hydrogen) atoms. The summed E-state index contributed by atoms with van der Waals surface area (Å²) >= 11 is 0. The molecule has 1 aliphatic heterocycles. The van der Waals surface area contributed by atoms with Gasteiger partial charge in [-0.25, -0.2) is 0 Å². The van der Waals surface area contributed by atoms with Crippen molar-refractivity contribution >= 4 is 11.8 Å². The summed E-state index contributed by atoms with van der Waals surface area (Å²) in [5.74, 6) is -0.234. The Bertz CT molecular complexity index is 870. The van der Waals surface area contributed by atoms with E-state index in [-0.39, 0.29) is 24.0 Å². The maximum atomic E-state index is 12.8. The van der Waals surface area contributed by atoms with E-state index in [2.05, 4.69) is 29.4 Å². The number of nitrogens with zero attached hydrogens (tertiary/aromatic N) is 1. The molecule has 4 atom stereocenters. The molecule has 4 N–H and O–H groups in total. The lowest BCUT2D eigenvalue weighted by Crippen LogP contribution is -2.62. The lowest BCUT2D eigenvalue weighted by atomic mass is 9.99. The van der Waals surface area contributed by atoms with E-state index in [4.69, 9.17) is 0 Å². The van der Waals surface area contributed by atoms with Crippen molar-refractivity contribution in [3.05, 3.63) is 35.9 Å². The van der Waals surface area contributed by atoms with Crippen LogP contribution in [0.1, 0.15) is 154 Å². The van der Waals surface area contributed by atoms with Crippen molar-refractivity contribution in [2.45, 2.75) is 179 Å². The fourth-order valence-corrected chi connectivity index (χ4v) is 6.62. The zero-order valence-electron chi connectivity index (χ0n) is 29.5. The van der Waals surface area contributed by atoms with Gasteiger partial charge < -0.3 is 20.8 Å². The summed E-state index contributed by atoms with van der Waals surface area (Å²) in [5, 5.41) is 27.6. The van der Waals surface area contributed by atoms with Gasteiger partial charge in [0, 0.05) is 19.5 Å². The van der Waals surface area contributed by atoms with Crippen molar-refractivity contribution in [3.63, 3.8) is 0 Å². The minimum Gasteiger partial charge on any atom is -0.392 e. The number of hydrogen-bond donors (Lipinski definition) is 4. The summed E-state index contributed by atoms with van der Waals surface area (Å²) in [5.41, 5.74) is 1.02. The van der Waals surface area contributed by atoms with E-state index in [0.29, 0.717) is 25.9 Å². The van der Waals surface area contributed by atoms with Crippen LogP contribution in [-0.4, -0.2) is 70.9 Å². The van der Waals surface area contributed by atoms with E-state index in [1.165, 1.54) is 89.9 Å². The molecule has 264 valence electrons. The van der Waals surface area contributed by atoms with Gasteiger partial charge in [-0.3, -0.25) is 14.5 Å². The molecule has 7 heteroatoms. The smallest absolute Gasteiger partial charge is 0.243 e. The molecule has 1 aromatic rings. The molecule has 1 aromatic carbocycles. The Kier molecular flexibility index (Phi) is 22.8. The highest BCUT2D eigenvalue weighted by Gasteiger charge is 2.33. The molecule has 0 saturated carbocycles. The molecular weight excluding hydrogens is 574 g/mol. The molecule has 0 radical (unpaired) electrons. The summed E-state index contributed by atoms with van der Waals surface area (Å²) in [6.07, 6.45) is 23.6. The first-order valence-electron chi connectivity index (χ1n) is 19.2. The fraction of sp³-hybridized carbons (Fsp3) is 0.795. The second kappa shape index (κ2) is 26.0. The third kappa shape index (κ3) is 19.0. The number of aliphatic hydroxyl groups excluding tert-OH is 2. The number of piperazine rings is 1. The van der Waals surface area contributed by atoms with Crippen LogP contribution < -0.4 is 10.6 Å². The van der Waals surface area contributed by atoms with Gasteiger partial charge in [-0.15, -0.1) is 0 Å². The van der Waals surface area contributed by atoms with E-state index in [0.717, 1.165) is 50.6 Å². The maximum Gasteiger partial charge on any atom is 0.243 e. The first-order valence-corrected chi connectivity index (χ1v) is 19.2. The van der Waals surface area contributed by atoms with Crippen LogP contribution in [0.2, 0.25) is 0 Å². The molecule has 1 aliphatic rings. The van der Waals surface area contributed by atoms with E-state index in [9.17, 15) is 19.8 Å². The predicted octanol–water partition coefficient (Wildman–Crippen LogP) is 7.47. The second-order valence-corrected chi connectivity index (χ2v) is 13.9. The Morgan fingerprint density at radius 2 is 1.07 bits per heavy atom. The number of unbranched alkanes of at least 4 members (excludes halogenated alkanes) is 15. The van der Waals surface area contributed by atoms with Crippen molar-refractivity contribution in [1.29, 1.82) is 0 Å². The standard InChI is InChI=1S/C39H69N3O4/c1-3-5-7-9-11-13-15-20-26-34(43)31-42(32-35(44)27-21-16-14-12-10-8-6-4-2)29-23-22-28-36-38(45)41-37(39(46)40-36)30-33-24-18-17-19-25-33/h17-19,24-25,34-37,43-44H,3-16,20-23,26-32H2,1-2H3,(H,40,46)(H,41,45). The highest BCUT2D eigenvalue weighted by molar-refractivity contribution is 5.97. The van der Waals surface area contributed by atoms with Gasteiger partial charge in [0.2, 0.25) is 11.8 Å². The number of nitrogens with one attached hydrogen (secondary N) is 2. The number of rotatable bonds is 29. The topological polar surface area (TPSA) is 102 Å². The van der Waals surface area contributed by atoms with Gasteiger partial charge >= 0.3 is 0 Å². The van der Waals surface area contributed by atoms with Gasteiger partial charge in [0.25, 0.3) is 0 Å². The van der Waals surface area contributed by atoms with Gasteiger partial charge in [0.15, 0.2) is 0 Å². The molecule has 0 aromatic heterocycles. The molecule has 4 unspecified atom stereocenters. The van der Waals surface area contributed by atoms with Crippen LogP contribution in [0.4, 0.5) is 0 Å². The molecule has 7 nitrogen and oxygen atoms in total. The van der Waals surface area contributed by atoms with Crippen LogP contribution in [0.25, 0.3) is 0 Å². The Morgan fingerprint density at radius 1 is 0.609 bits per heavy atom. The van der Waals surface area contributed by atoms with Crippen LogP contribution >= 0.6 is 0 Å². The Balaban J connectivity index is 1.73. The molecule has 1 fully saturated rings. The highest BCUT2D eigenvalue weighted by atomic mass is 16.3. The van der Waals surface area contributed by atoms with E-state index < -0.39 is 12.1 Å². The zero-order chi connectivity index (χ0) is 33.2. The van der Waals surface area contributed by atoms with Crippen LogP contribution in [-0.2, 0) is 16.0 Å². The summed E-state index contributed by atoms with van der Waals surface area (Å²) in [4.78, 5) is 27.7. The van der Waals surface area contributed by atoms with Gasteiger partial charge in [0.1, 0.15) is 12.1 Å². The Morgan fingerprint density at radius 3 is 1.59 bits per heavy atom. The number of carbonyl (C=O) groups is 2. The largest absolute Gasteiger partial charge is 0.392 e. The first-order chi connectivity index (χ1) is 22.4. The van der Waals surface area contributed by atoms with E-state index in [1.807, 2.05) is 30.3 Å². The van der Waals surface area contributed by atoms with Crippen molar-refractivity contribution in [2.24, 2.45) is 0 Å². The van der Waals surface area contributed by atoms with Crippen LogP contribution in [0, 0.1) is 0 Å².